The van der Waals surface area contributed by atoms with Gasteiger partial charge in [-0.05, 0) is 6.92 Å². The van der Waals surface area contributed by atoms with Gasteiger partial charge in [-0.1, -0.05) is 5.16 Å². The highest BCUT2D eigenvalue weighted by Gasteiger charge is 2.44. The van der Waals surface area contributed by atoms with Gasteiger partial charge in [0.1, 0.15) is 0 Å². The highest BCUT2D eigenvalue weighted by Crippen LogP contribution is 2.31. The van der Waals surface area contributed by atoms with Crippen LogP contribution in [0.3, 0.4) is 0 Å². The molecule has 0 aromatic rings. The van der Waals surface area contributed by atoms with Crippen LogP contribution in [0.2, 0.25) is 0 Å². The Morgan fingerprint density at radius 3 is 2.94 bits per heavy atom. The van der Waals surface area contributed by atoms with Crippen molar-refractivity contribution in [3.8, 4) is 0 Å². The molecule has 1 heterocycles. The van der Waals surface area contributed by atoms with Crippen molar-refractivity contribution in [2.75, 3.05) is 26.3 Å². The lowest BCUT2D eigenvalue weighted by Gasteiger charge is -2.22. The van der Waals surface area contributed by atoms with E-state index < -0.39 is 5.92 Å². The summed E-state index contributed by atoms with van der Waals surface area (Å²) in [4.78, 5) is 1.48. The van der Waals surface area contributed by atoms with Crippen molar-refractivity contribution in [1.82, 2.24) is 4.90 Å². The zero-order valence-electron chi connectivity index (χ0n) is 9.20. The monoisotopic (exact) mass is 237 g/mol. The first-order valence-electron chi connectivity index (χ1n) is 5.14. The molecule has 3 N–H and O–H groups in total. The van der Waals surface area contributed by atoms with Crippen LogP contribution in [0.4, 0.5) is 8.78 Å². The normalized spacial score (nSPS) is 26.2. The summed E-state index contributed by atoms with van der Waals surface area (Å²) in [5, 5.41) is 11.2. The zero-order valence-corrected chi connectivity index (χ0v) is 9.20. The number of amidine groups is 1. The number of ether oxygens (including phenoxy) is 1. The van der Waals surface area contributed by atoms with Crippen LogP contribution in [0, 0.1) is 0 Å². The second-order valence-electron chi connectivity index (χ2n) is 3.87. The topological polar surface area (TPSA) is 71.1 Å². The fourth-order valence-electron chi connectivity index (χ4n) is 1.81. The first kappa shape index (κ1) is 13.1. The quantitative estimate of drug-likeness (QED) is 0.316. The molecule has 0 aromatic heterocycles. The van der Waals surface area contributed by atoms with Gasteiger partial charge in [-0.3, -0.25) is 4.90 Å². The molecule has 0 bridgehead atoms. The summed E-state index contributed by atoms with van der Waals surface area (Å²) in [6.45, 7) is 2.19. The number of alkyl halides is 2. The highest BCUT2D eigenvalue weighted by molar-refractivity contribution is 5.81. The number of halogens is 2. The maximum Gasteiger partial charge on any atom is 0.262 e. The van der Waals surface area contributed by atoms with Crippen LogP contribution in [0.5, 0.6) is 0 Å². The van der Waals surface area contributed by atoms with E-state index in [9.17, 15) is 8.78 Å². The van der Waals surface area contributed by atoms with Crippen LogP contribution in [-0.2, 0) is 4.74 Å². The average molecular weight is 237 g/mol. The SMILES string of the molecule is CCOC[C@H]1CC(F)(F)CN1CC(N)=NO. The summed E-state index contributed by atoms with van der Waals surface area (Å²) >= 11 is 0. The lowest BCUT2D eigenvalue weighted by atomic mass is 10.2. The van der Waals surface area contributed by atoms with E-state index in [1.807, 2.05) is 0 Å². The highest BCUT2D eigenvalue weighted by atomic mass is 19.3. The van der Waals surface area contributed by atoms with Crippen LogP contribution < -0.4 is 5.73 Å². The summed E-state index contributed by atoms with van der Waals surface area (Å²) in [5.74, 6) is -2.79. The summed E-state index contributed by atoms with van der Waals surface area (Å²) in [6.07, 6.45) is -0.244. The number of hydrogen-bond acceptors (Lipinski definition) is 4. The largest absolute Gasteiger partial charge is 0.409 e. The van der Waals surface area contributed by atoms with Crippen molar-refractivity contribution in [3.05, 3.63) is 0 Å². The Bertz CT molecular complexity index is 261. The second-order valence-corrected chi connectivity index (χ2v) is 3.87. The van der Waals surface area contributed by atoms with E-state index >= 15 is 0 Å². The Kier molecular flexibility index (Phi) is 4.43. The van der Waals surface area contributed by atoms with Gasteiger partial charge in [0.15, 0.2) is 5.84 Å². The Balaban J connectivity index is 2.57. The van der Waals surface area contributed by atoms with E-state index in [0.717, 1.165) is 0 Å². The molecule has 7 heteroatoms. The molecule has 1 fully saturated rings. The molecular weight excluding hydrogens is 220 g/mol. The first-order chi connectivity index (χ1) is 7.48. The van der Waals surface area contributed by atoms with Gasteiger partial charge in [0.2, 0.25) is 0 Å². The molecule has 0 unspecified atom stereocenters. The number of nitrogens with two attached hydrogens (primary N) is 1. The Labute approximate surface area is 92.8 Å². The summed E-state index contributed by atoms with van der Waals surface area (Å²) in [5.41, 5.74) is 5.30. The minimum atomic E-state index is -2.72. The molecule has 0 radical (unpaired) electrons. The molecule has 0 saturated carbocycles. The molecule has 0 amide bonds. The fraction of sp³-hybridized carbons (Fsp3) is 0.889. The second kappa shape index (κ2) is 5.40. The number of oxime groups is 1. The minimum absolute atomic E-state index is 0.0316. The molecule has 94 valence electrons. The molecule has 0 aromatic carbocycles. The molecule has 1 saturated heterocycles. The molecule has 0 spiro atoms. The van der Waals surface area contributed by atoms with Crippen LogP contribution in [-0.4, -0.2) is 54.2 Å². The number of likely N-dealkylation sites (tertiary alicyclic amines) is 1. The predicted molar refractivity (Wildman–Crippen MR) is 54.8 cm³/mol. The van der Waals surface area contributed by atoms with Gasteiger partial charge in [-0.15, -0.1) is 0 Å². The lowest BCUT2D eigenvalue weighted by molar-refractivity contribution is 0.0123. The Morgan fingerprint density at radius 2 is 2.38 bits per heavy atom. The standard InChI is InChI=1S/C9H17F2N3O2/c1-2-16-5-7-3-9(10,11)6-14(7)4-8(12)13-15/h7,15H,2-6H2,1H3,(H2,12,13)/t7-/m1/s1. The van der Waals surface area contributed by atoms with Gasteiger partial charge in [-0.2, -0.15) is 0 Å². The van der Waals surface area contributed by atoms with Crippen molar-refractivity contribution in [2.45, 2.75) is 25.3 Å². The molecular formula is C9H17F2N3O2. The van der Waals surface area contributed by atoms with E-state index in [-0.39, 0.29) is 38.0 Å². The van der Waals surface area contributed by atoms with Crippen molar-refractivity contribution in [3.63, 3.8) is 0 Å². The third-order valence-electron chi connectivity index (χ3n) is 2.49. The molecule has 0 aliphatic carbocycles. The minimum Gasteiger partial charge on any atom is -0.409 e. The van der Waals surface area contributed by atoms with Gasteiger partial charge < -0.3 is 15.7 Å². The van der Waals surface area contributed by atoms with Crippen LogP contribution in [0.1, 0.15) is 13.3 Å². The third-order valence-corrected chi connectivity index (χ3v) is 2.49. The van der Waals surface area contributed by atoms with E-state index in [0.29, 0.717) is 6.61 Å². The van der Waals surface area contributed by atoms with Gasteiger partial charge in [-0.25, -0.2) is 8.78 Å². The van der Waals surface area contributed by atoms with Crippen molar-refractivity contribution in [2.24, 2.45) is 10.9 Å². The van der Waals surface area contributed by atoms with Crippen LogP contribution >= 0.6 is 0 Å². The molecule has 1 aliphatic rings. The Morgan fingerprint density at radius 1 is 1.69 bits per heavy atom. The van der Waals surface area contributed by atoms with Crippen LogP contribution in [0.15, 0.2) is 5.16 Å². The lowest BCUT2D eigenvalue weighted by Crippen LogP contribution is -2.40. The summed E-state index contributed by atoms with van der Waals surface area (Å²) in [6, 6.07) is -0.379. The van der Waals surface area contributed by atoms with Crippen molar-refractivity contribution in [1.29, 1.82) is 0 Å². The van der Waals surface area contributed by atoms with E-state index in [1.165, 1.54) is 4.90 Å². The Hall–Kier alpha value is -0.950. The van der Waals surface area contributed by atoms with Gasteiger partial charge in [0, 0.05) is 19.1 Å². The summed E-state index contributed by atoms with van der Waals surface area (Å²) < 4.78 is 31.5. The molecule has 1 aliphatic heterocycles. The maximum atomic E-state index is 13.2. The molecule has 1 rings (SSSR count). The first-order valence-corrected chi connectivity index (χ1v) is 5.14. The maximum absolute atomic E-state index is 13.2. The van der Waals surface area contributed by atoms with Gasteiger partial charge >= 0.3 is 0 Å². The fourth-order valence-corrected chi connectivity index (χ4v) is 1.81. The van der Waals surface area contributed by atoms with E-state index in [4.69, 9.17) is 15.7 Å². The van der Waals surface area contributed by atoms with E-state index in [2.05, 4.69) is 5.16 Å². The number of hydrogen-bond donors (Lipinski definition) is 2. The van der Waals surface area contributed by atoms with Crippen molar-refractivity contribution < 1.29 is 18.7 Å². The molecule has 16 heavy (non-hydrogen) atoms. The van der Waals surface area contributed by atoms with Gasteiger partial charge in [0.25, 0.3) is 5.92 Å². The molecule has 5 nitrogen and oxygen atoms in total. The molecule has 1 atom stereocenters. The van der Waals surface area contributed by atoms with E-state index in [1.54, 1.807) is 6.92 Å². The van der Waals surface area contributed by atoms with Crippen LogP contribution in [0.25, 0.3) is 0 Å². The smallest absolute Gasteiger partial charge is 0.262 e. The predicted octanol–water partition coefficient (Wildman–Crippen LogP) is 0.479. The number of rotatable bonds is 5. The number of nitrogens with zero attached hydrogens (tertiary/aromatic N) is 2. The summed E-state index contributed by atoms with van der Waals surface area (Å²) in [7, 11) is 0. The van der Waals surface area contributed by atoms with Crippen molar-refractivity contribution >= 4 is 5.84 Å². The average Bonchev–Trinajstić information content (AvgIpc) is 2.50. The third kappa shape index (κ3) is 3.57. The zero-order chi connectivity index (χ0) is 12.2. The van der Waals surface area contributed by atoms with Gasteiger partial charge in [0.05, 0.1) is 19.7 Å².